The molecule has 0 spiro atoms. The standard InChI is InChI=1S/C54H38N6/c1-7-21-39(22-8-1)59(40-23-9-2-10-24-40,41-25-11-3-12-26-41)47-35-36-48(60(42-27-13-4-14-28-42,43-29-15-5-16-30-43)44-31-17-6-18-32-44)54-53(47)57-51-45-33-19-37-55-49(45)50-46(52(51)58-54)34-20-38-56-50/h1-38H/q+2. The van der Waals surface area contributed by atoms with Crippen molar-refractivity contribution in [3.63, 3.8) is 0 Å². The lowest BCUT2D eigenvalue weighted by Crippen LogP contribution is -2.35. The van der Waals surface area contributed by atoms with Crippen molar-refractivity contribution in [1.29, 1.82) is 0 Å². The summed E-state index contributed by atoms with van der Waals surface area (Å²) >= 11 is 0. The Morgan fingerprint density at radius 1 is 0.233 bits per heavy atom. The molecule has 282 valence electrons. The van der Waals surface area contributed by atoms with Crippen molar-refractivity contribution in [1.82, 2.24) is 28.9 Å². The summed E-state index contributed by atoms with van der Waals surface area (Å²) in [6, 6.07) is 77.1. The van der Waals surface area contributed by atoms with Crippen molar-refractivity contribution in [3.05, 3.63) is 231 Å². The van der Waals surface area contributed by atoms with Crippen LogP contribution < -0.4 is 8.97 Å². The maximum atomic E-state index is 5.90. The van der Waals surface area contributed by atoms with E-state index in [0.29, 0.717) is 0 Å². The maximum Gasteiger partial charge on any atom is 0.176 e. The number of nitrogens with zero attached hydrogens (tertiary/aromatic N) is 6. The Morgan fingerprint density at radius 2 is 0.500 bits per heavy atom. The number of benzene rings is 8. The number of fused-ring (bicyclic) bond motifs is 7. The molecule has 0 unspecified atom stereocenters. The number of hydrogen-bond acceptors (Lipinski definition) is 4. The monoisotopic (exact) mass is 770 g/mol. The van der Waals surface area contributed by atoms with Gasteiger partial charge in [-0.05, 0) is 24.3 Å². The van der Waals surface area contributed by atoms with Gasteiger partial charge in [-0.2, -0.15) is 8.97 Å². The first-order valence-electron chi connectivity index (χ1n) is 20.2. The highest BCUT2D eigenvalue weighted by atomic mass is 15.4. The van der Waals surface area contributed by atoms with E-state index in [1.807, 2.05) is 24.5 Å². The summed E-state index contributed by atoms with van der Waals surface area (Å²) < 4.78 is 0.514. The molecule has 11 rings (SSSR count). The average Bonchev–Trinajstić information content (AvgIpc) is 3.34. The molecule has 0 aliphatic carbocycles. The van der Waals surface area contributed by atoms with Gasteiger partial charge in [0.15, 0.2) is 22.4 Å². The van der Waals surface area contributed by atoms with E-state index in [0.717, 1.165) is 89.4 Å². The lowest BCUT2D eigenvalue weighted by atomic mass is 10.0. The highest BCUT2D eigenvalue weighted by molar-refractivity contribution is 6.22. The molecule has 11 aromatic rings. The van der Waals surface area contributed by atoms with Crippen molar-refractivity contribution in [2.45, 2.75) is 0 Å². The van der Waals surface area contributed by atoms with E-state index in [1.165, 1.54) is 0 Å². The summed E-state index contributed by atoms with van der Waals surface area (Å²) in [6.45, 7) is 0. The average molecular weight is 771 g/mol. The van der Waals surface area contributed by atoms with Gasteiger partial charge in [0.1, 0.15) is 34.1 Å². The van der Waals surface area contributed by atoms with E-state index in [2.05, 4.69) is 206 Å². The third kappa shape index (κ3) is 5.29. The third-order valence-electron chi connectivity index (χ3n) is 11.7. The molecule has 0 radical (unpaired) electrons. The second-order valence-corrected chi connectivity index (χ2v) is 14.9. The van der Waals surface area contributed by atoms with Crippen LogP contribution in [0, 0.1) is 0 Å². The van der Waals surface area contributed by atoms with Crippen LogP contribution in [0.1, 0.15) is 0 Å². The highest BCUT2D eigenvalue weighted by Gasteiger charge is 2.46. The highest BCUT2D eigenvalue weighted by Crippen LogP contribution is 2.58. The second kappa shape index (κ2) is 14.5. The predicted molar refractivity (Wildman–Crippen MR) is 248 cm³/mol. The molecule has 0 aliphatic rings. The molecular formula is C54H38N6+2. The third-order valence-corrected chi connectivity index (χ3v) is 11.7. The molecule has 3 aromatic heterocycles. The molecule has 0 bridgehead atoms. The summed E-state index contributed by atoms with van der Waals surface area (Å²) in [6.07, 6.45) is 3.65. The van der Waals surface area contributed by atoms with Gasteiger partial charge in [-0.3, -0.25) is 9.97 Å². The quantitative estimate of drug-likeness (QED) is 0.0877. The minimum absolute atomic E-state index is 0.257. The number of hydrogen-bond donors (Lipinski definition) is 0. The van der Waals surface area contributed by atoms with Crippen molar-refractivity contribution in [2.75, 3.05) is 0 Å². The summed E-state index contributed by atoms with van der Waals surface area (Å²) in [5.74, 6) is 0. The first-order chi connectivity index (χ1) is 29.8. The molecule has 0 atom stereocenters. The number of rotatable bonds is 8. The smallest absolute Gasteiger partial charge is 0.176 e. The Labute approximate surface area is 347 Å². The van der Waals surface area contributed by atoms with Gasteiger partial charge >= 0.3 is 0 Å². The molecule has 0 saturated carbocycles. The topological polar surface area (TPSA) is 51.6 Å². The van der Waals surface area contributed by atoms with Crippen molar-refractivity contribution >= 4 is 89.4 Å². The van der Waals surface area contributed by atoms with Gasteiger partial charge < -0.3 is 0 Å². The maximum absolute atomic E-state index is 5.90. The van der Waals surface area contributed by atoms with E-state index in [-0.39, 0.29) is 8.97 Å². The fourth-order valence-corrected chi connectivity index (χ4v) is 9.23. The Hall–Kier alpha value is -7.90. The van der Waals surface area contributed by atoms with Crippen LogP contribution in [-0.4, -0.2) is 19.9 Å². The van der Waals surface area contributed by atoms with Crippen LogP contribution >= 0.6 is 0 Å². The molecule has 60 heavy (non-hydrogen) atoms. The Balaban J connectivity index is 1.41. The van der Waals surface area contributed by atoms with Crippen LogP contribution in [0.2, 0.25) is 0 Å². The zero-order valence-corrected chi connectivity index (χ0v) is 32.6. The summed E-state index contributed by atoms with van der Waals surface area (Å²) in [5.41, 5.74) is 13.0. The largest absolute Gasteiger partial charge is 0.254 e. The van der Waals surface area contributed by atoms with Crippen LogP contribution in [-0.2, 0) is 0 Å². The van der Waals surface area contributed by atoms with Gasteiger partial charge in [0, 0.05) is 108 Å². The molecular weight excluding hydrogens is 733 g/mol. The predicted octanol–water partition coefficient (Wildman–Crippen LogP) is 14.5. The van der Waals surface area contributed by atoms with Gasteiger partial charge in [-0.25, -0.2) is 9.97 Å². The summed E-state index contributed by atoms with van der Waals surface area (Å²) in [5, 5.41) is 1.80. The fourth-order valence-electron chi connectivity index (χ4n) is 9.23. The Bertz CT molecular complexity index is 2880. The second-order valence-electron chi connectivity index (χ2n) is 14.9. The number of pyridine rings is 2. The molecule has 3 heterocycles. The zero-order valence-electron chi connectivity index (χ0n) is 32.6. The molecule has 0 N–H and O–H groups in total. The van der Waals surface area contributed by atoms with Gasteiger partial charge in [0.2, 0.25) is 0 Å². The number of para-hydroxylation sites is 6. The molecule has 6 nitrogen and oxygen atoms in total. The van der Waals surface area contributed by atoms with Gasteiger partial charge in [0.05, 0.1) is 22.1 Å². The van der Waals surface area contributed by atoms with Crippen molar-refractivity contribution in [2.24, 2.45) is 0 Å². The van der Waals surface area contributed by atoms with Gasteiger partial charge in [-0.15, -0.1) is 0 Å². The fraction of sp³-hybridized carbons (Fsp3) is 0. The molecule has 0 fully saturated rings. The first-order valence-corrected chi connectivity index (χ1v) is 20.2. The lowest BCUT2D eigenvalue weighted by Gasteiger charge is -2.39. The molecule has 0 aliphatic heterocycles. The molecule has 6 heteroatoms. The minimum atomic E-state index is 0.257. The van der Waals surface area contributed by atoms with Gasteiger partial charge in [0.25, 0.3) is 0 Å². The van der Waals surface area contributed by atoms with Crippen molar-refractivity contribution < 1.29 is 0 Å². The Kier molecular flexibility index (Phi) is 8.52. The van der Waals surface area contributed by atoms with Crippen LogP contribution in [0.25, 0.3) is 43.9 Å². The molecule has 0 amide bonds. The van der Waals surface area contributed by atoms with Crippen LogP contribution in [0.15, 0.2) is 231 Å². The van der Waals surface area contributed by atoms with E-state index in [4.69, 9.17) is 19.9 Å². The van der Waals surface area contributed by atoms with Gasteiger partial charge in [-0.1, -0.05) is 109 Å². The minimum Gasteiger partial charge on any atom is -0.254 e. The van der Waals surface area contributed by atoms with E-state index < -0.39 is 0 Å². The lowest BCUT2D eigenvalue weighted by molar-refractivity contribution is 0.697. The molecule has 0 saturated heterocycles. The summed E-state index contributed by atoms with van der Waals surface area (Å²) in [4.78, 5) is 21.6. The van der Waals surface area contributed by atoms with Crippen LogP contribution in [0.3, 0.4) is 0 Å². The zero-order chi connectivity index (χ0) is 39.9. The van der Waals surface area contributed by atoms with E-state index >= 15 is 0 Å². The number of aromatic nitrogens is 4. The normalized spacial score (nSPS) is 12.0. The number of quaternary nitrogens is 2. The first kappa shape index (κ1) is 35.3. The van der Waals surface area contributed by atoms with Crippen LogP contribution in [0.5, 0.6) is 0 Å². The van der Waals surface area contributed by atoms with Crippen molar-refractivity contribution in [3.8, 4) is 0 Å². The summed E-state index contributed by atoms with van der Waals surface area (Å²) in [7, 11) is 0. The van der Waals surface area contributed by atoms with Crippen LogP contribution in [0.4, 0.5) is 45.5 Å². The van der Waals surface area contributed by atoms with E-state index in [1.54, 1.807) is 0 Å². The Morgan fingerprint density at radius 3 is 0.767 bits per heavy atom. The van der Waals surface area contributed by atoms with E-state index in [9.17, 15) is 0 Å². The molecule has 8 aromatic carbocycles. The SMILES string of the molecule is c1ccc([N+](c2ccccc2)(c2ccccc2)c2ccc([N+](c3ccccc3)(c3ccccc3)c3ccccc3)c3nc4c5cccnc5c5ncccc5c4nc23)cc1.